The lowest BCUT2D eigenvalue weighted by Crippen LogP contribution is -1.99. The first-order valence-electron chi connectivity index (χ1n) is 7.70. The summed E-state index contributed by atoms with van der Waals surface area (Å²) in [6.45, 7) is 0.647. The first-order chi connectivity index (χ1) is 11.7. The molecule has 0 saturated carbocycles. The lowest BCUT2D eigenvalue weighted by atomic mass is 10.2. The Labute approximate surface area is 146 Å². The third kappa shape index (κ3) is 3.29. The summed E-state index contributed by atoms with van der Waals surface area (Å²) >= 11 is 6.21. The Kier molecular flexibility index (Phi) is 4.88. The molecule has 3 nitrogen and oxygen atoms in total. The van der Waals surface area contributed by atoms with Gasteiger partial charge in [-0.15, -0.1) is 0 Å². The first kappa shape index (κ1) is 16.2. The molecular weight excluding hydrogens is 320 g/mol. The van der Waals surface area contributed by atoms with Gasteiger partial charge >= 0.3 is 0 Å². The van der Waals surface area contributed by atoms with E-state index in [9.17, 15) is 0 Å². The molecule has 0 aliphatic rings. The van der Waals surface area contributed by atoms with Gasteiger partial charge in [-0.1, -0.05) is 35.9 Å². The molecule has 1 heterocycles. The van der Waals surface area contributed by atoms with Gasteiger partial charge in [-0.2, -0.15) is 5.26 Å². The monoisotopic (exact) mass is 336 g/mol. The van der Waals surface area contributed by atoms with Gasteiger partial charge < -0.3 is 9.30 Å². The van der Waals surface area contributed by atoms with Crippen LogP contribution in [0.1, 0.15) is 17.7 Å². The van der Waals surface area contributed by atoms with Crippen molar-refractivity contribution in [3.63, 3.8) is 0 Å². The third-order valence-electron chi connectivity index (χ3n) is 3.93. The Morgan fingerprint density at radius 3 is 2.75 bits per heavy atom. The van der Waals surface area contributed by atoms with Crippen molar-refractivity contribution in [1.29, 1.82) is 5.26 Å². The van der Waals surface area contributed by atoms with Crippen molar-refractivity contribution in [3.05, 3.63) is 64.8 Å². The third-order valence-corrected chi connectivity index (χ3v) is 4.27. The largest absolute Gasteiger partial charge is 0.497 e. The molecule has 120 valence electrons. The fraction of sp³-hybridized carbons (Fsp3) is 0.150. The summed E-state index contributed by atoms with van der Waals surface area (Å²) in [6.07, 6.45) is 4.49. The van der Waals surface area contributed by atoms with Crippen LogP contribution in [-0.2, 0) is 6.54 Å². The fourth-order valence-electron chi connectivity index (χ4n) is 2.73. The van der Waals surface area contributed by atoms with Crippen LogP contribution in [0.3, 0.4) is 0 Å². The Morgan fingerprint density at radius 1 is 1.17 bits per heavy atom. The minimum atomic E-state index is 0.461. The topological polar surface area (TPSA) is 38.0 Å². The van der Waals surface area contributed by atoms with Gasteiger partial charge in [0, 0.05) is 28.2 Å². The Bertz CT molecular complexity index is 934. The molecule has 0 bridgehead atoms. The van der Waals surface area contributed by atoms with Crippen LogP contribution in [0.2, 0.25) is 5.02 Å². The lowest BCUT2D eigenvalue weighted by Gasteiger charge is -2.06. The maximum absolute atomic E-state index is 8.94. The maximum Gasteiger partial charge on any atom is 0.119 e. The number of nitriles is 1. The SMILES string of the molecule is COc1ccc2c(c1)cc(/C=C/c1ccccc1Cl)n2CCC#N. The Balaban J connectivity index is 2.05. The predicted molar refractivity (Wildman–Crippen MR) is 99.1 cm³/mol. The van der Waals surface area contributed by atoms with E-state index in [1.54, 1.807) is 7.11 Å². The summed E-state index contributed by atoms with van der Waals surface area (Å²) in [4.78, 5) is 0. The smallest absolute Gasteiger partial charge is 0.119 e. The van der Waals surface area contributed by atoms with E-state index < -0.39 is 0 Å². The number of aromatic nitrogens is 1. The van der Waals surface area contributed by atoms with E-state index in [-0.39, 0.29) is 0 Å². The standard InChI is InChI=1S/C20H17ClN2O/c1-24-18-9-10-20-16(14-18)13-17(23(20)12-4-11-22)8-7-15-5-2-3-6-19(15)21/h2-3,5-10,13-14H,4,12H2,1H3/b8-7+. The van der Waals surface area contributed by atoms with E-state index in [4.69, 9.17) is 21.6 Å². The number of benzene rings is 2. The highest BCUT2D eigenvalue weighted by Gasteiger charge is 2.08. The minimum absolute atomic E-state index is 0.461. The number of fused-ring (bicyclic) bond motifs is 1. The number of rotatable bonds is 5. The molecule has 0 unspecified atom stereocenters. The summed E-state index contributed by atoms with van der Waals surface area (Å²) in [7, 11) is 1.66. The fourth-order valence-corrected chi connectivity index (χ4v) is 2.93. The molecule has 0 spiro atoms. The van der Waals surface area contributed by atoms with Crippen LogP contribution in [0.15, 0.2) is 48.5 Å². The van der Waals surface area contributed by atoms with Crippen molar-refractivity contribution in [2.45, 2.75) is 13.0 Å². The highest BCUT2D eigenvalue weighted by Crippen LogP contribution is 2.27. The van der Waals surface area contributed by atoms with Crippen LogP contribution < -0.4 is 4.74 Å². The molecular formula is C20H17ClN2O. The van der Waals surface area contributed by atoms with Crippen LogP contribution in [0.4, 0.5) is 0 Å². The molecule has 0 saturated heterocycles. The van der Waals surface area contributed by atoms with Gasteiger partial charge in [0.25, 0.3) is 0 Å². The summed E-state index contributed by atoms with van der Waals surface area (Å²) in [5.41, 5.74) is 3.09. The van der Waals surface area contributed by atoms with E-state index in [0.29, 0.717) is 13.0 Å². The molecule has 0 fully saturated rings. The zero-order valence-electron chi connectivity index (χ0n) is 13.4. The summed E-state index contributed by atoms with van der Waals surface area (Å²) in [5, 5.41) is 10.7. The highest BCUT2D eigenvalue weighted by molar-refractivity contribution is 6.32. The molecule has 0 N–H and O–H groups in total. The summed E-state index contributed by atoms with van der Waals surface area (Å²) in [5.74, 6) is 0.821. The molecule has 0 aliphatic heterocycles. The molecule has 0 atom stereocenters. The van der Waals surface area contributed by atoms with Gasteiger partial charge in [-0.05, 0) is 42.0 Å². The van der Waals surface area contributed by atoms with Gasteiger partial charge in [0.1, 0.15) is 5.75 Å². The van der Waals surface area contributed by atoms with Crippen molar-refractivity contribution in [3.8, 4) is 11.8 Å². The second-order valence-electron chi connectivity index (χ2n) is 5.41. The van der Waals surface area contributed by atoms with Crippen molar-refractivity contribution in [2.24, 2.45) is 0 Å². The number of ether oxygens (including phenoxy) is 1. The van der Waals surface area contributed by atoms with Crippen LogP contribution in [0, 0.1) is 11.3 Å². The van der Waals surface area contributed by atoms with E-state index in [0.717, 1.165) is 32.9 Å². The molecule has 4 heteroatoms. The van der Waals surface area contributed by atoms with E-state index in [1.807, 2.05) is 54.6 Å². The molecule has 0 amide bonds. The molecule has 24 heavy (non-hydrogen) atoms. The summed E-state index contributed by atoms with van der Waals surface area (Å²) in [6, 6.07) is 18.0. The number of nitrogens with zero attached hydrogens (tertiary/aromatic N) is 2. The highest BCUT2D eigenvalue weighted by atomic mass is 35.5. The van der Waals surface area contributed by atoms with Crippen molar-refractivity contribution in [1.82, 2.24) is 4.57 Å². The van der Waals surface area contributed by atoms with E-state index >= 15 is 0 Å². The number of methoxy groups -OCH3 is 1. The molecule has 0 radical (unpaired) electrons. The minimum Gasteiger partial charge on any atom is -0.497 e. The second-order valence-corrected chi connectivity index (χ2v) is 5.82. The Hall–Kier alpha value is -2.70. The number of hydrogen-bond acceptors (Lipinski definition) is 2. The quantitative estimate of drug-likeness (QED) is 0.626. The maximum atomic E-state index is 8.94. The number of hydrogen-bond donors (Lipinski definition) is 0. The average molecular weight is 337 g/mol. The van der Waals surface area contributed by atoms with Gasteiger partial charge in [-0.3, -0.25) is 0 Å². The lowest BCUT2D eigenvalue weighted by molar-refractivity contribution is 0.415. The van der Waals surface area contributed by atoms with Crippen molar-refractivity contribution >= 4 is 34.7 Å². The van der Waals surface area contributed by atoms with E-state index in [2.05, 4.69) is 16.7 Å². The van der Waals surface area contributed by atoms with Crippen LogP contribution in [0.5, 0.6) is 5.75 Å². The van der Waals surface area contributed by atoms with E-state index in [1.165, 1.54) is 0 Å². The van der Waals surface area contributed by atoms with Crippen LogP contribution >= 0.6 is 11.6 Å². The second kappa shape index (κ2) is 7.25. The van der Waals surface area contributed by atoms with Gasteiger partial charge in [0.15, 0.2) is 0 Å². The molecule has 1 aromatic heterocycles. The Morgan fingerprint density at radius 2 is 2.00 bits per heavy atom. The van der Waals surface area contributed by atoms with Crippen LogP contribution in [0.25, 0.3) is 23.1 Å². The average Bonchev–Trinajstić information content (AvgIpc) is 2.95. The zero-order valence-corrected chi connectivity index (χ0v) is 14.1. The molecule has 3 aromatic rings. The normalized spacial score (nSPS) is 11.0. The van der Waals surface area contributed by atoms with Gasteiger partial charge in [-0.25, -0.2) is 0 Å². The molecule has 3 rings (SSSR count). The van der Waals surface area contributed by atoms with Crippen LogP contribution in [-0.4, -0.2) is 11.7 Å². The number of halogens is 1. The number of aryl methyl sites for hydroxylation is 1. The molecule has 2 aromatic carbocycles. The van der Waals surface area contributed by atoms with Gasteiger partial charge in [0.05, 0.1) is 19.6 Å². The predicted octanol–water partition coefficient (Wildman–Crippen LogP) is 5.39. The molecule has 0 aliphatic carbocycles. The summed E-state index contributed by atoms with van der Waals surface area (Å²) < 4.78 is 7.44. The first-order valence-corrected chi connectivity index (χ1v) is 8.07. The van der Waals surface area contributed by atoms with Crippen molar-refractivity contribution < 1.29 is 4.74 Å². The zero-order chi connectivity index (χ0) is 16.9. The van der Waals surface area contributed by atoms with Crippen molar-refractivity contribution in [2.75, 3.05) is 7.11 Å². The van der Waals surface area contributed by atoms with Gasteiger partial charge in [0.2, 0.25) is 0 Å².